The lowest BCUT2D eigenvalue weighted by atomic mass is 9.68. The maximum Gasteiger partial charge on any atom is 0.127 e. The van der Waals surface area contributed by atoms with E-state index in [1.807, 2.05) is 24.4 Å². The zero-order valence-electron chi connectivity index (χ0n) is 15.9. The SMILES string of the molecule is Fc1ccccc1CNCC[C@@]1(c2ccccn2)CCOC2(CCCC2)C1. The van der Waals surface area contributed by atoms with Crippen molar-refractivity contribution in [3.8, 4) is 0 Å². The van der Waals surface area contributed by atoms with Gasteiger partial charge in [0.1, 0.15) is 5.82 Å². The molecule has 2 aliphatic rings. The second-order valence-corrected chi connectivity index (χ2v) is 8.18. The van der Waals surface area contributed by atoms with Gasteiger partial charge in [0.25, 0.3) is 0 Å². The molecule has 1 atom stereocenters. The molecule has 1 aliphatic heterocycles. The van der Waals surface area contributed by atoms with Crippen molar-refractivity contribution in [1.29, 1.82) is 0 Å². The van der Waals surface area contributed by atoms with Crippen LogP contribution in [0.25, 0.3) is 0 Å². The summed E-state index contributed by atoms with van der Waals surface area (Å²) in [5, 5.41) is 3.45. The number of benzene rings is 1. The van der Waals surface area contributed by atoms with E-state index in [1.54, 1.807) is 6.07 Å². The van der Waals surface area contributed by atoms with Crippen molar-refractivity contribution >= 4 is 0 Å². The number of ether oxygens (including phenoxy) is 1. The van der Waals surface area contributed by atoms with Crippen LogP contribution in [0.1, 0.15) is 56.2 Å². The Balaban J connectivity index is 1.46. The smallest absolute Gasteiger partial charge is 0.127 e. The zero-order valence-corrected chi connectivity index (χ0v) is 15.9. The highest BCUT2D eigenvalue weighted by atomic mass is 19.1. The van der Waals surface area contributed by atoms with E-state index in [0.29, 0.717) is 6.54 Å². The molecule has 27 heavy (non-hydrogen) atoms. The number of nitrogens with zero attached hydrogens (tertiary/aromatic N) is 1. The monoisotopic (exact) mass is 368 g/mol. The molecule has 2 heterocycles. The number of hydrogen-bond donors (Lipinski definition) is 1. The van der Waals surface area contributed by atoms with Crippen molar-refractivity contribution in [2.45, 2.75) is 62.5 Å². The van der Waals surface area contributed by atoms with Crippen LogP contribution in [0.15, 0.2) is 48.7 Å². The minimum absolute atomic E-state index is 0.0430. The molecular formula is C23H29FN2O. The maximum atomic E-state index is 13.8. The number of pyridine rings is 1. The van der Waals surface area contributed by atoms with Gasteiger partial charge in [-0.15, -0.1) is 0 Å². The number of rotatable bonds is 6. The molecular weight excluding hydrogens is 339 g/mol. The summed E-state index contributed by atoms with van der Waals surface area (Å²) < 4.78 is 20.1. The van der Waals surface area contributed by atoms with E-state index in [2.05, 4.69) is 17.4 Å². The highest BCUT2D eigenvalue weighted by Crippen LogP contribution is 2.49. The molecule has 1 saturated heterocycles. The van der Waals surface area contributed by atoms with Crippen molar-refractivity contribution < 1.29 is 9.13 Å². The second-order valence-electron chi connectivity index (χ2n) is 8.18. The van der Waals surface area contributed by atoms with Crippen molar-refractivity contribution in [3.63, 3.8) is 0 Å². The number of aromatic nitrogens is 1. The topological polar surface area (TPSA) is 34.2 Å². The van der Waals surface area contributed by atoms with Crippen molar-refractivity contribution in [2.24, 2.45) is 0 Å². The summed E-state index contributed by atoms with van der Waals surface area (Å²) in [6, 6.07) is 13.2. The van der Waals surface area contributed by atoms with E-state index < -0.39 is 0 Å². The first-order chi connectivity index (χ1) is 13.2. The molecule has 1 aliphatic carbocycles. The van der Waals surface area contributed by atoms with Gasteiger partial charge in [-0.3, -0.25) is 4.98 Å². The Hall–Kier alpha value is -1.78. The summed E-state index contributed by atoms with van der Waals surface area (Å²) in [5.41, 5.74) is 2.00. The third-order valence-electron chi connectivity index (χ3n) is 6.43. The van der Waals surface area contributed by atoms with Crippen LogP contribution in [0.2, 0.25) is 0 Å². The molecule has 0 amide bonds. The Kier molecular flexibility index (Phi) is 5.55. The van der Waals surface area contributed by atoms with Crippen LogP contribution < -0.4 is 5.32 Å². The normalized spacial score (nSPS) is 24.3. The molecule has 1 aromatic carbocycles. The van der Waals surface area contributed by atoms with Crippen LogP contribution in [-0.4, -0.2) is 23.7 Å². The van der Waals surface area contributed by atoms with Gasteiger partial charge in [-0.05, 0) is 56.8 Å². The standard InChI is InChI=1S/C23H29FN2O/c24-20-8-2-1-7-19(20)17-25-15-12-22(21-9-3-6-14-26-21)13-16-27-23(18-22)10-4-5-11-23/h1-3,6-9,14,25H,4-5,10-13,15-18H2/t22-/m1/s1. The van der Waals surface area contributed by atoms with Gasteiger partial charge >= 0.3 is 0 Å². The molecule has 3 nitrogen and oxygen atoms in total. The van der Waals surface area contributed by atoms with E-state index in [9.17, 15) is 4.39 Å². The van der Waals surface area contributed by atoms with Crippen molar-refractivity contribution in [1.82, 2.24) is 10.3 Å². The number of halogens is 1. The van der Waals surface area contributed by atoms with Crippen LogP contribution in [0.5, 0.6) is 0 Å². The zero-order chi connectivity index (χ0) is 18.6. The van der Waals surface area contributed by atoms with E-state index in [0.717, 1.165) is 38.0 Å². The Morgan fingerprint density at radius 3 is 2.63 bits per heavy atom. The molecule has 4 rings (SSSR count). The van der Waals surface area contributed by atoms with Crippen molar-refractivity contribution in [2.75, 3.05) is 13.2 Å². The first kappa shape index (κ1) is 18.6. The average molecular weight is 368 g/mol. The quantitative estimate of drug-likeness (QED) is 0.747. The fraction of sp³-hybridized carbons (Fsp3) is 0.522. The molecule has 0 radical (unpaired) electrons. The van der Waals surface area contributed by atoms with Gasteiger partial charge in [0, 0.05) is 36.0 Å². The van der Waals surface area contributed by atoms with Gasteiger partial charge in [-0.25, -0.2) is 4.39 Å². The summed E-state index contributed by atoms with van der Waals surface area (Å²) in [6.45, 7) is 2.22. The van der Waals surface area contributed by atoms with Crippen molar-refractivity contribution in [3.05, 3.63) is 65.7 Å². The van der Waals surface area contributed by atoms with Crippen LogP contribution >= 0.6 is 0 Å². The van der Waals surface area contributed by atoms with Gasteiger partial charge in [-0.2, -0.15) is 0 Å². The molecule has 1 spiro atoms. The fourth-order valence-electron chi connectivity index (χ4n) is 4.99. The van der Waals surface area contributed by atoms with Gasteiger partial charge in [0.2, 0.25) is 0 Å². The molecule has 4 heteroatoms. The third kappa shape index (κ3) is 4.07. The summed E-state index contributed by atoms with van der Waals surface area (Å²) in [5.74, 6) is -0.139. The molecule has 1 aromatic heterocycles. The predicted octanol–water partition coefficient (Wildman–Crippen LogP) is 4.76. The van der Waals surface area contributed by atoms with E-state index in [-0.39, 0.29) is 16.8 Å². The van der Waals surface area contributed by atoms with E-state index in [4.69, 9.17) is 9.72 Å². The van der Waals surface area contributed by atoms with Gasteiger partial charge < -0.3 is 10.1 Å². The predicted molar refractivity (Wildman–Crippen MR) is 105 cm³/mol. The highest BCUT2D eigenvalue weighted by molar-refractivity contribution is 5.21. The maximum absolute atomic E-state index is 13.8. The Morgan fingerprint density at radius 2 is 1.85 bits per heavy atom. The number of hydrogen-bond acceptors (Lipinski definition) is 3. The van der Waals surface area contributed by atoms with Crippen LogP contribution in [0.4, 0.5) is 4.39 Å². The summed E-state index contributed by atoms with van der Waals surface area (Å²) in [6.07, 6.45) is 9.85. The second kappa shape index (κ2) is 8.07. The van der Waals surface area contributed by atoms with Gasteiger partial charge in [0.05, 0.1) is 5.60 Å². The molecule has 2 aromatic rings. The highest BCUT2D eigenvalue weighted by Gasteiger charge is 2.48. The van der Waals surface area contributed by atoms with E-state index in [1.165, 1.54) is 37.4 Å². The average Bonchev–Trinajstić information content (AvgIpc) is 3.14. The Bertz CT molecular complexity index is 745. The van der Waals surface area contributed by atoms with Crippen LogP contribution in [-0.2, 0) is 16.7 Å². The lowest BCUT2D eigenvalue weighted by Crippen LogP contribution is -2.47. The fourth-order valence-corrected chi connectivity index (χ4v) is 4.99. The van der Waals surface area contributed by atoms with Crippen LogP contribution in [0, 0.1) is 5.82 Å². The molecule has 0 unspecified atom stereocenters. The van der Waals surface area contributed by atoms with E-state index >= 15 is 0 Å². The molecule has 1 saturated carbocycles. The minimum atomic E-state index is -0.139. The largest absolute Gasteiger partial charge is 0.375 e. The first-order valence-corrected chi connectivity index (χ1v) is 10.2. The molecule has 0 bridgehead atoms. The van der Waals surface area contributed by atoms with Gasteiger partial charge in [0.15, 0.2) is 0 Å². The van der Waals surface area contributed by atoms with Gasteiger partial charge in [-0.1, -0.05) is 37.1 Å². The summed E-state index contributed by atoms with van der Waals surface area (Å²) >= 11 is 0. The lowest BCUT2D eigenvalue weighted by molar-refractivity contribution is -0.104. The molecule has 1 N–H and O–H groups in total. The molecule has 144 valence electrons. The Labute approximate surface area is 161 Å². The van der Waals surface area contributed by atoms with Crippen LogP contribution in [0.3, 0.4) is 0 Å². The Morgan fingerprint density at radius 1 is 1.04 bits per heavy atom. The molecule has 2 fully saturated rings. The third-order valence-corrected chi connectivity index (χ3v) is 6.43. The summed E-state index contributed by atoms with van der Waals surface area (Å²) in [4.78, 5) is 4.74. The number of nitrogens with one attached hydrogen (secondary N) is 1. The minimum Gasteiger partial charge on any atom is -0.375 e. The lowest BCUT2D eigenvalue weighted by Gasteiger charge is -2.46. The first-order valence-electron chi connectivity index (χ1n) is 10.2. The summed E-state index contributed by atoms with van der Waals surface area (Å²) in [7, 11) is 0.